The van der Waals surface area contributed by atoms with Gasteiger partial charge in [-0.25, -0.2) is 4.99 Å². The van der Waals surface area contributed by atoms with Gasteiger partial charge in [0.2, 0.25) is 0 Å². The first kappa shape index (κ1) is 10.9. The molecule has 0 atom stereocenters. The molecule has 0 spiro atoms. The number of rotatable bonds is 2. The van der Waals surface area contributed by atoms with Crippen LogP contribution in [-0.2, 0) is 13.0 Å². The highest BCUT2D eigenvalue weighted by molar-refractivity contribution is 5.59. The summed E-state index contributed by atoms with van der Waals surface area (Å²) in [5.41, 5.74) is 1.17. The first-order chi connectivity index (χ1) is 7.66. The second-order valence-corrected chi connectivity index (χ2v) is 4.36. The van der Waals surface area contributed by atoms with E-state index in [-0.39, 0.29) is 5.43 Å². The molecule has 1 aliphatic rings. The average Bonchev–Trinajstić information content (AvgIpc) is 2.25. The van der Waals surface area contributed by atoms with Crippen molar-refractivity contribution in [2.45, 2.75) is 25.8 Å². The standard InChI is InChI=1S/C12H17N3O/c1-14(2)9-13-12-8-11(16)7-10-5-3-4-6-15(10)12/h7-9H,3-6H2,1-2H3. The third-order valence-electron chi connectivity index (χ3n) is 2.69. The number of aromatic nitrogens is 1. The Labute approximate surface area is 95.2 Å². The van der Waals surface area contributed by atoms with Crippen molar-refractivity contribution in [3.05, 3.63) is 28.0 Å². The zero-order chi connectivity index (χ0) is 11.5. The minimum atomic E-state index is 0.0547. The predicted octanol–water partition coefficient (Wildman–Crippen LogP) is 1.41. The summed E-state index contributed by atoms with van der Waals surface area (Å²) >= 11 is 0. The molecule has 0 bridgehead atoms. The molecule has 0 saturated heterocycles. The summed E-state index contributed by atoms with van der Waals surface area (Å²) in [6, 6.07) is 3.34. The number of aryl methyl sites for hydroxylation is 1. The van der Waals surface area contributed by atoms with Crippen LogP contribution in [0.4, 0.5) is 5.82 Å². The summed E-state index contributed by atoms with van der Waals surface area (Å²) in [6.45, 7) is 0.968. The molecule has 16 heavy (non-hydrogen) atoms. The first-order valence-electron chi connectivity index (χ1n) is 5.61. The third kappa shape index (κ3) is 2.32. The van der Waals surface area contributed by atoms with E-state index in [1.807, 2.05) is 19.0 Å². The Morgan fingerprint density at radius 1 is 1.38 bits per heavy atom. The van der Waals surface area contributed by atoms with Gasteiger partial charge in [-0.05, 0) is 19.3 Å². The quantitative estimate of drug-likeness (QED) is 0.557. The highest BCUT2D eigenvalue weighted by atomic mass is 16.1. The Balaban J connectivity index is 2.43. The minimum absolute atomic E-state index is 0.0547. The van der Waals surface area contributed by atoms with Crippen molar-refractivity contribution < 1.29 is 0 Å². The van der Waals surface area contributed by atoms with Crippen LogP contribution >= 0.6 is 0 Å². The summed E-state index contributed by atoms with van der Waals surface area (Å²) in [4.78, 5) is 17.7. The summed E-state index contributed by atoms with van der Waals surface area (Å²) in [5.74, 6) is 0.774. The largest absolute Gasteiger partial charge is 0.369 e. The van der Waals surface area contributed by atoms with E-state index in [9.17, 15) is 4.79 Å². The van der Waals surface area contributed by atoms with E-state index in [0.29, 0.717) is 0 Å². The molecule has 1 aliphatic heterocycles. The number of aliphatic imine (C=N–C) groups is 1. The van der Waals surface area contributed by atoms with Crippen LogP contribution < -0.4 is 5.43 Å². The fourth-order valence-electron chi connectivity index (χ4n) is 1.96. The molecule has 0 aromatic carbocycles. The Morgan fingerprint density at radius 2 is 2.19 bits per heavy atom. The topological polar surface area (TPSA) is 37.6 Å². The van der Waals surface area contributed by atoms with Gasteiger partial charge in [-0.3, -0.25) is 4.79 Å². The molecular formula is C12H17N3O. The highest BCUT2D eigenvalue weighted by Gasteiger charge is 2.11. The predicted molar refractivity (Wildman–Crippen MR) is 65.5 cm³/mol. The Morgan fingerprint density at radius 3 is 2.94 bits per heavy atom. The van der Waals surface area contributed by atoms with Crippen LogP contribution in [0.5, 0.6) is 0 Å². The van der Waals surface area contributed by atoms with Crippen molar-refractivity contribution in [1.82, 2.24) is 9.47 Å². The summed E-state index contributed by atoms with van der Waals surface area (Å²) in [7, 11) is 3.84. The van der Waals surface area contributed by atoms with E-state index in [1.54, 1.807) is 18.5 Å². The Kier molecular flexibility index (Phi) is 3.08. The fourth-order valence-corrected chi connectivity index (χ4v) is 1.96. The molecule has 4 nitrogen and oxygen atoms in total. The molecule has 1 aromatic heterocycles. The van der Waals surface area contributed by atoms with Gasteiger partial charge in [0.25, 0.3) is 0 Å². The number of hydrogen-bond donors (Lipinski definition) is 0. The van der Waals surface area contributed by atoms with Crippen LogP contribution in [0, 0.1) is 0 Å². The van der Waals surface area contributed by atoms with Crippen molar-refractivity contribution >= 4 is 12.2 Å². The molecule has 0 fully saturated rings. The van der Waals surface area contributed by atoms with Crippen LogP contribution in [0.2, 0.25) is 0 Å². The molecule has 0 saturated carbocycles. The molecule has 86 valence electrons. The zero-order valence-electron chi connectivity index (χ0n) is 9.81. The normalized spacial score (nSPS) is 15.1. The van der Waals surface area contributed by atoms with E-state index < -0.39 is 0 Å². The van der Waals surface area contributed by atoms with Gasteiger partial charge in [-0.15, -0.1) is 0 Å². The van der Waals surface area contributed by atoms with Gasteiger partial charge in [-0.1, -0.05) is 0 Å². The molecule has 2 rings (SSSR count). The molecular weight excluding hydrogens is 202 g/mol. The van der Waals surface area contributed by atoms with Gasteiger partial charge in [0, 0.05) is 38.5 Å². The van der Waals surface area contributed by atoms with E-state index in [2.05, 4.69) is 9.56 Å². The van der Waals surface area contributed by atoms with Crippen molar-refractivity contribution in [2.75, 3.05) is 14.1 Å². The lowest BCUT2D eigenvalue weighted by Gasteiger charge is -2.20. The van der Waals surface area contributed by atoms with Crippen molar-refractivity contribution in [1.29, 1.82) is 0 Å². The highest BCUT2D eigenvalue weighted by Crippen LogP contribution is 2.19. The lowest BCUT2D eigenvalue weighted by molar-refractivity contribution is 0.527. The molecule has 0 aliphatic carbocycles. The van der Waals surface area contributed by atoms with Crippen LogP contribution in [0.15, 0.2) is 21.9 Å². The molecule has 2 heterocycles. The molecule has 0 amide bonds. The number of nitrogens with zero attached hydrogens (tertiary/aromatic N) is 3. The fraction of sp³-hybridized carbons (Fsp3) is 0.500. The van der Waals surface area contributed by atoms with Crippen LogP contribution in [-0.4, -0.2) is 29.9 Å². The summed E-state index contributed by atoms with van der Waals surface area (Å²) in [5, 5.41) is 0. The van der Waals surface area contributed by atoms with E-state index >= 15 is 0 Å². The van der Waals surface area contributed by atoms with Crippen molar-refractivity contribution in [2.24, 2.45) is 4.99 Å². The monoisotopic (exact) mass is 219 g/mol. The zero-order valence-corrected chi connectivity index (χ0v) is 9.81. The van der Waals surface area contributed by atoms with Gasteiger partial charge in [0.1, 0.15) is 5.82 Å². The lowest BCUT2D eigenvalue weighted by Crippen LogP contribution is -2.17. The maximum Gasteiger partial charge on any atom is 0.184 e. The SMILES string of the molecule is CN(C)C=Nc1cc(=O)cc2n1CCCC2. The molecule has 4 heteroatoms. The number of pyridine rings is 1. The van der Waals surface area contributed by atoms with E-state index in [0.717, 1.165) is 24.5 Å². The number of fused-ring (bicyclic) bond motifs is 1. The van der Waals surface area contributed by atoms with Gasteiger partial charge in [-0.2, -0.15) is 0 Å². The Hall–Kier alpha value is -1.58. The van der Waals surface area contributed by atoms with Gasteiger partial charge in [0.15, 0.2) is 5.43 Å². The number of hydrogen-bond acceptors (Lipinski definition) is 2. The van der Waals surface area contributed by atoms with Crippen LogP contribution in [0.25, 0.3) is 0 Å². The summed E-state index contributed by atoms with van der Waals surface area (Å²) < 4.78 is 2.14. The van der Waals surface area contributed by atoms with E-state index in [1.165, 1.54) is 12.8 Å². The lowest BCUT2D eigenvalue weighted by atomic mass is 10.1. The van der Waals surface area contributed by atoms with Gasteiger partial charge < -0.3 is 9.47 Å². The molecule has 1 aromatic rings. The van der Waals surface area contributed by atoms with Crippen LogP contribution in [0.1, 0.15) is 18.5 Å². The Bertz CT molecular complexity index is 460. The molecule has 0 radical (unpaired) electrons. The second kappa shape index (κ2) is 4.51. The van der Waals surface area contributed by atoms with E-state index in [4.69, 9.17) is 0 Å². The van der Waals surface area contributed by atoms with Crippen molar-refractivity contribution in [3.63, 3.8) is 0 Å². The average molecular weight is 219 g/mol. The first-order valence-corrected chi connectivity index (χ1v) is 5.61. The minimum Gasteiger partial charge on any atom is -0.369 e. The van der Waals surface area contributed by atoms with Crippen LogP contribution in [0.3, 0.4) is 0 Å². The smallest absolute Gasteiger partial charge is 0.184 e. The van der Waals surface area contributed by atoms with Crippen molar-refractivity contribution in [3.8, 4) is 0 Å². The second-order valence-electron chi connectivity index (χ2n) is 4.36. The van der Waals surface area contributed by atoms with Gasteiger partial charge in [0.05, 0.1) is 6.34 Å². The summed E-state index contributed by atoms with van der Waals surface area (Å²) in [6.07, 6.45) is 5.05. The molecule has 0 N–H and O–H groups in total. The maximum absolute atomic E-state index is 11.5. The third-order valence-corrected chi connectivity index (χ3v) is 2.69. The van der Waals surface area contributed by atoms with Gasteiger partial charge >= 0.3 is 0 Å². The maximum atomic E-state index is 11.5. The molecule has 0 unspecified atom stereocenters.